The highest BCUT2D eigenvalue weighted by molar-refractivity contribution is 7.87. The quantitative estimate of drug-likeness (QED) is 0.210. The van der Waals surface area contributed by atoms with E-state index in [0.717, 1.165) is 22.2 Å². The number of hydrogen-bond acceptors (Lipinski definition) is 7. The minimum atomic E-state index is -3.85. The monoisotopic (exact) mass is 548 g/mol. The number of hydrogen-bond donors (Lipinski definition) is 5. The number of imidazole rings is 1. The molecule has 4 aromatic rings. The summed E-state index contributed by atoms with van der Waals surface area (Å²) in [5.74, 6) is -0.848. The lowest BCUT2D eigenvalue weighted by molar-refractivity contribution is 0.379. The van der Waals surface area contributed by atoms with Gasteiger partial charge in [0.25, 0.3) is 10.2 Å². The Hall–Kier alpha value is -3.33. The lowest BCUT2D eigenvalue weighted by Crippen LogP contribution is -2.44. The Kier molecular flexibility index (Phi) is 6.74. The van der Waals surface area contributed by atoms with Crippen molar-refractivity contribution in [3.05, 3.63) is 53.1 Å². The maximum atomic E-state index is 14.1. The molecule has 37 heavy (non-hydrogen) atoms. The maximum Gasteiger partial charge on any atom is 0.279 e. The fourth-order valence-electron chi connectivity index (χ4n) is 4.47. The maximum absolute atomic E-state index is 14.1. The fourth-order valence-corrected chi connectivity index (χ4v) is 6.09. The summed E-state index contributed by atoms with van der Waals surface area (Å²) in [6.07, 6.45) is 1.03. The van der Waals surface area contributed by atoms with Gasteiger partial charge in [0.05, 0.1) is 23.5 Å². The van der Waals surface area contributed by atoms with Crippen molar-refractivity contribution in [3.8, 4) is 28.4 Å². The molecule has 11 nitrogen and oxygen atoms in total. The number of benzene rings is 2. The number of halogens is 1. The summed E-state index contributed by atoms with van der Waals surface area (Å²) in [5, 5.41) is 17.9. The molecule has 1 aliphatic rings. The smallest absolute Gasteiger partial charge is 0.279 e. The van der Waals surface area contributed by atoms with Gasteiger partial charge in [0.1, 0.15) is 16.4 Å². The van der Waals surface area contributed by atoms with Crippen molar-refractivity contribution in [2.75, 3.05) is 18.8 Å². The van der Waals surface area contributed by atoms with E-state index < -0.39 is 26.7 Å². The van der Waals surface area contributed by atoms with Gasteiger partial charge in [-0.3, -0.25) is 5.10 Å². The average molecular weight is 549 g/mol. The van der Waals surface area contributed by atoms with E-state index in [2.05, 4.69) is 24.9 Å². The molecule has 0 bridgehead atoms. The molecule has 0 unspecified atom stereocenters. The molecule has 1 aliphatic heterocycles. The SMILES string of the molecule is CCc1cc(O)c(F)cc1-c1ccc2c(-c3nc4c([nH]3)CCN(S(=O)(=O)NCC[SH](=O)=O)C4)n[nH]c2c1. The van der Waals surface area contributed by atoms with E-state index in [1.807, 2.05) is 25.1 Å². The Balaban J connectivity index is 1.41. The number of rotatable bonds is 8. The third-order valence-corrected chi connectivity index (χ3v) is 8.52. The molecule has 0 radical (unpaired) electrons. The molecule has 0 fully saturated rings. The predicted molar refractivity (Wildman–Crippen MR) is 136 cm³/mol. The van der Waals surface area contributed by atoms with E-state index >= 15 is 0 Å². The second-order valence-electron chi connectivity index (χ2n) is 8.70. The first-order valence-corrected chi connectivity index (χ1v) is 14.4. The number of nitrogens with zero attached hydrogens (tertiary/aromatic N) is 3. The molecule has 4 N–H and O–H groups in total. The highest BCUT2D eigenvalue weighted by Gasteiger charge is 2.29. The number of aromatic nitrogens is 4. The average Bonchev–Trinajstić information content (AvgIpc) is 3.48. The topological polar surface area (TPSA) is 161 Å². The van der Waals surface area contributed by atoms with Gasteiger partial charge in [-0.2, -0.15) is 17.8 Å². The van der Waals surface area contributed by atoms with Crippen LogP contribution in [-0.2, 0) is 40.3 Å². The second kappa shape index (κ2) is 9.85. The summed E-state index contributed by atoms with van der Waals surface area (Å²) in [7, 11) is -6.51. The van der Waals surface area contributed by atoms with E-state index in [1.165, 1.54) is 16.4 Å². The number of phenolic OH excluding ortho intramolecular Hbond substituents is 1. The standard InChI is InChI=1S/C23H25FN6O5S2/c1-2-13-10-21(31)17(24)11-16(13)14-3-4-15-19(9-14)28-29-22(15)23-26-18-5-7-30(12-20(18)27-23)37(34,35)25-6-8-36(32)33/h3-4,9-11,25,31,36H,2,5-8,12H2,1H3,(H,26,27)(H,28,29). The largest absolute Gasteiger partial charge is 0.505 e. The number of thiol groups is 1. The van der Waals surface area contributed by atoms with E-state index in [4.69, 9.17) is 0 Å². The van der Waals surface area contributed by atoms with Gasteiger partial charge in [-0.05, 0) is 47.4 Å². The van der Waals surface area contributed by atoms with Crippen molar-refractivity contribution in [1.29, 1.82) is 0 Å². The van der Waals surface area contributed by atoms with Gasteiger partial charge in [0.2, 0.25) is 0 Å². The van der Waals surface area contributed by atoms with Crippen LogP contribution in [0.3, 0.4) is 0 Å². The minimum absolute atomic E-state index is 0.0450. The van der Waals surface area contributed by atoms with E-state index in [-0.39, 0.29) is 31.1 Å². The molecule has 14 heteroatoms. The summed E-state index contributed by atoms with van der Waals surface area (Å²) in [6, 6.07) is 8.32. The molecule has 0 saturated heterocycles. The lowest BCUT2D eigenvalue weighted by Gasteiger charge is -2.25. The summed E-state index contributed by atoms with van der Waals surface area (Å²) in [6.45, 7) is 2.01. The highest BCUT2D eigenvalue weighted by Crippen LogP contribution is 2.34. The Morgan fingerprint density at radius 3 is 2.81 bits per heavy atom. The molecule has 0 amide bonds. The molecule has 5 rings (SSSR count). The van der Waals surface area contributed by atoms with Gasteiger partial charge in [-0.15, -0.1) is 0 Å². The van der Waals surface area contributed by atoms with Crippen LogP contribution >= 0.6 is 0 Å². The molecular weight excluding hydrogens is 523 g/mol. The van der Waals surface area contributed by atoms with Gasteiger partial charge in [-0.1, -0.05) is 13.0 Å². The molecular formula is C23H25FN6O5S2. The Morgan fingerprint density at radius 2 is 2.05 bits per heavy atom. The first kappa shape index (κ1) is 25.3. The van der Waals surface area contributed by atoms with Crippen molar-refractivity contribution in [3.63, 3.8) is 0 Å². The van der Waals surface area contributed by atoms with Crippen molar-refractivity contribution < 1.29 is 26.3 Å². The van der Waals surface area contributed by atoms with Gasteiger partial charge < -0.3 is 10.1 Å². The number of aromatic amines is 2. The summed E-state index contributed by atoms with van der Waals surface area (Å²) in [5.41, 5.74) is 4.92. The van der Waals surface area contributed by atoms with Crippen LogP contribution in [0, 0.1) is 5.82 Å². The molecule has 2 aromatic carbocycles. The first-order chi connectivity index (χ1) is 17.7. The molecule has 0 atom stereocenters. The van der Waals surface area contributed by atoms with Crippen LogP contribution < -0.4 is 4.72 Å². The van der Waals surface area contributed by atoms with E-state index in [0.29, 0.717) is 41.1 Å². The van der Waals surface area contributed by atoms with Crippen molar-refractivity contribution in [2.45, 2.75) is 26.3 Å². The molecule has 196 valence electrons. The summed E-state index contributed by atoms with van der Waals surface area (Å²) in [4.78, 5) is 7.84. The zero-order chi connectivity index (χ0) is 26.3. The van der Waals surface area contributed by atoms with Gasteiger partial charge in [-0.25, -0.2) is 22.5 Å². The second-order valence-corrected chi connectivity index (χ2v) is 11.6. The molecule has 3 heterocycles. The number of fused-ring (bicyclic) bond motifs is 2. The van der Waals surface area contributed by atoms with Gasteiger partial charge >= 0.3 is 0 Å². The first-order valence-electron chi connectivity index (χ1n) is 11.6. The zero-order valence-corrected chi connectivity index (χ0v) is 21.5. The van der Waals surface area contributed by atoms with Crippen LogP contribution in [-0.4, -0.2) is 65.3 Å². The number of aromatic hydroxyl groups is 1. The molecule has 0 spiro atoms. The molecule has 0 saturated carbocycles. The Bertz CT molecular complexity index is 1670. The minimum Gasteiger partial charge on any atom is -0.505 e. The summed E-state index contributed by atoms with van der Waals surface area (Å²) >= 11 is 0. The lowest BCUT2D eigenvalue weighted by atomic mass is 9.96. The van der Waals surface area contributed by atoms with Crippen LogP contribution in [0.5, 0.6) is 5.75 Å². The zero-order valence-electron chi connectivity index (χ0n) is 19.8. The summed E-state index contributed by atoms with van der Waals surface area (Å²) < 4.78 is 64.1. The fraction of sp³-hybridized carbons (Fsp3) is 0.304. The van der Waals surface area contributed by atoms with Crippen molar-refractivity contribution in [1.82, 2.24) is 29.2 Å². The number of phenols is 1. The number of nitrogens with one attached hydrogen (secondary N) is 3. The third-order valence-electron chi connectivity index (χ3n) is 6.37. The molecule has 0 aliphatic carbocycles. The van der Waals surface area contributed by atoms with Gasteiger partial charge in [0.15, 0.2) is 17.4 Å². The van der Waals surface area contributed by atoms with E-state index in [9.17, 15) is 26.3 Å². The third kappa shape index (κ3) is 4.97. The van der Waals surface area contributed by atoms with Crippen LogP contribution in [0.4, 0.5) is 4.39 Å². The molecule has 2 aromatic heterocycles. The van der Waals surface area contributed by atoms with Crippen LogP contribution in [0.1, 0.15) is 23.9 Å². The highest BCUT2D eigenvalue weighted by atomic mass is 32.2. The normalized spacial score (nSPS) is 14.5. The van der Waals surface area contributed by atoms with Crippen molar-refractivity contribution >= 4 is 31.8 Å². The Labute approximate surface area is 213 Å². The number of aryl methyl sites for hydroxylation is 1. The van der Waals surface area contributed by atoms with Crippen LogP contribution in [0.25, 0.3) is 33.5 Å². The van der Waals surface area contributed by atoms with Crippen LogP contribution in [0.2, 0.25) is 0 Å². The van der Waals surface area contributed by atoms with Gasteiger partial charge in [0, 0.05) is 30.6 Å². The Morgan fingerprint density at radius 1 is 1.24 bits per heavy atom. The predicted octanol–water partition coefficient (Wildman–Crippen LogP) is 1.83. The van der Waals surface area contributed by atoms with Crippen LogP contribution in [0.15, 0.2) is 30.3 Å². The van der Waals surface area contributed by atoms with E-state index in [1.54, 1.807) is 0 Å². The van der Waals surface area contributed by atoms with Crippen molar-refractivity contribution in [2.24, 2.45) is 0 Å². The number of H-pyrrole nitrogens is 2.